The molecule has 2 atom stereocenters. The third-order valence-electron chi connectivity index (χ3n) is 4.81. The lowest BCUT2D eigenvalue weighted by Gasteiger charge is -2.38. The molecule has 0 aromatic heterocycles. The normalized spacial score (nSPS) is 21.3. The monoisotopic (exact) mass is 330 g/mol. The molecule has 0 amide bonds. The Labute approximate surface area is 142 Å². The quantitative estimate of drug-likeness (QED) is 0.903. The molecule has 0 spiro atoms. The minimum Gasteiger partial charge on any atom is -0.367 e. The third-order valence-corrected chi connectivity index (χ3v) is 4.81. The van der Waals surface area contributed by atoms with Crippen molar-refractivity contribution >= 4 is 5.69 Å². The lowest BCUT2D eigenvalue weighted by Crippen LogP contribution is -2.46. The highest BCUT2D eigenvalue weighted by molar-refractivity contribution is 5.49. The molecule has 4 heteroatoms. The van der Waals surface area contributed by atoms with Crippen molar-refractivity contribution in [3.05, 3.63) is 65.2 Å². The van der Waals surface area contributed by atoms with Gasteiger partial charge in [0.1, 0.15) is 11.6 Å². The van der Waals surface area contributed by atoms with Gasteiger partial charge in [-0.3, -0.25) is 0 Å². The number of halogens is 2. The number of benzene rings is 2. The van der Waals surface area contributed by atoms with E-state index in [9.17, 15) is 8.78 Å². The van der Waals surface area contributed by atoms with Crippen LogP contribution in [0.2, 0.25) is 0 Å². The molecule has 2 unspecified atom stereocenters. The number of nitrogens with zero attached hydrogens (tertiary/aromatic N) is 1. The van der Waals surface area contributed by atoms with E-state index in [1.54, 1.807) is 0 Å². The van der Waals surface area contributed by atoms with Gasteiger partial charge in [0, 0.05) is 31.1 Å². The van der Waals surface area contributed by atoms with E-state index < -0.39 is 11.6 Å². The molecule has 0 aliphatic carbocycles. The zero-order valence-corrected chi connectivity index (χ0v) is 14.2. The molecule has 2 N–H and O–H groups in total. The van der Waals surface area contributed by atoms with Crippen LogP contribution in [0.1, 0.15) is 43.2 Å². The van der Waals surface area contributed by atoms with Crippen molar-refractivity contribution in [2.75, 3.05) is 18.0 Å². The molecule has 1 aliphatic heterocycles. The van der Waals surface area contributed by atoms with Crippen LogP contribution in [0.15, 0.2) is 42.5 Å². The van der Waals surface area contributed by atoms with Gasteiger partial charge in [0.2, 0.25) is 0 Å². The highest BCUT2D eigenvalue weighted by Crippen LogP contribution is 2.31. The molecular formula is C20H24F2N2. The zero-order chi connectivity index (χ0) is 17.3. The lowest BCUT2D eigenvalue weighted by molar-refractivity contribution is 0.448. The fourth-order valence-corrected chi connectivity index (χ4v) is 3.47. The van der Waals surface area contributed by atoms with E-state index in [4.69, 9.17) is 5.73 Å². The Kier molecular flexibility index (Phi) is 4.86. The van der Waals surface area contributed by atoms with E-state index >= 15 is 0 Å². The lowest BCUT2D eigenvalue weighted by atomic mass is 9.87. The van der Waals surface area contributed by atoms with Crippen LogP contribution in [0.3, 0.4) is 0 Å². The summed E-state index contributed by atoms with van der Waals surface area (Å²) in [5.74, 6) is -0.340. The molecule has 1 saturated heterocycles. The summed E-state index contributed by atoms with van der Waals surface area (Å²) in [6.07, 6.45) is 0.875. The van der Waals surface area contributed by atoms with Gasteiger partial charge >= 0.3 is 0 Å². The van der Waals surface area contributed by atoms with Gasteiger partial charge in [0.05, 0.1) is 5.69 Å². The van der Waals surface area contributed by atoms with E-state index in [-0.39, 0.29) is 12.0 Å². The van der Waals surface area contributed by atoms with Gasteiger partial charge in [0.15, 0.2) is 0 Å². The van der Waals surface area contributed by atoms with E-state index in [1.807, 2.05) is 4.90 Å². The number of hydrogen-bond acceptors (Lipinski definition) is 2. The molecule has 1 aliphatic rings. The molecule has 2 aromatic rings. The van der Waals surface area contributed by atoms with E-state index in [0.717, 1.165) is 12.5 Å². The average molecular weight is 330 g/mol. The van der Waals surface area contributed by atoms with Crippen LogP contribution in [0.5, 0.6) is 0 Å². The van der Waals surface area contributed by atoms with Crippen LogP contribution in [0.25, 0.3) is 0 Å². The predicted octanol–water partition coefficient (Wildman–Crippen LogP) is 4.41. The Morgan fingerprint density at radius 2 is 1.75 bits per heavy atom. The van der Waals surface area contributed by atoms with Crippen molar-refractivity contribution in [1.29, 1.82) is 0 Å². The summed E-state index contributed by atoms with van der Waals surface area (Å²) in [5, 5.41) is 0. The van der Waals surface area contributed by atoms with Crippen molar-refractivity contribution in [1.82, 2.24) is 0 Å². The molecule has 0 bridgehead atoms. The Bertz CT molecular complexity index is 697. The molecule has 1 fully saturated rings. The number of anilines is 1. The van der Waals surface area contributed by atoms with Crippen LogP contribution in [-0.2, 0) is 0 Å². The highest BCUT2D eigenvalue weighted by Gasteiger charge is 2.27. The molecule has 128 valence electrons. The fourth-order valence-electron chi connectivity index (χ4n) is 3.47. The summed E-state index contributed by atoms with van der Waals surface area (Å²) in [6, 6.07) is 12.3. The molecule has 1 heterocycles. The molecule has 3 rings (SSSR count). The van der Waals surface area contributed by atoms with Crippen LogP contribution < -0.4 is 10.6 Å². The number of piperidine rings is 1. The maximum Gasteiger partial charge on any atom is 0.149 e. The van der Waals surface area contributed by atoms with Gasteiger partial charge in [-0.25, -0.2) is 8.78 Å². The fraction of sp³-hybridized carbons (Fsp3) is 0.400. The second kappa shape index (κ2) is 6.89. The van der Waals surface area contributed by atoms with Gasteiger partial charge in [-0.2, -0.15) is 0 Å². The van der Waals surface area contributed by atoms with E-state index in [1.165, 1.54) is 23.3 Å². The Morgan fingerprint density at radius 1 is 1.04 bits per heavy atom. The largest absolute Gasteiger partial charge is 0.367 e. The van der Waals surface area contributed by atoms with Crippen LogP contribution in [0.4, 0.5) is 14.5 Å². The summed E-state index contributed by atoms with van der Waals surface area (Å²) < 4.78 is 27.3. The second-order valence-electron chi connectivity index (χ2n) is 7.01. The number of hydrogen-bond donors (Lipinski definition) is 1. The second-order valence-corrected chi connectivity index (χ2v) is 7.01. The van der Waals surface area contributed by atoms with Gasteiger partial charge in [-0.1, -0.05) is 38.1 Å². The molecule has 24 heavy (non-hydrogen) atoms. The van der Waals surface area contributed by atoms with Crippen LogP contribution >= 0.6 is 0 Å². The average Bonchev–Trinajstić information content (AvgIpc) is 2.54. The maximum atomic E-state index is 14.1. The number of rotatable bonds is 3. The summed E-state index contributed by atoms with van der Waals surface area (Å²) in [5.41, 5.74) is 9.17. The van der Waals surface area contributed by atoms with Gasteiger partial charge in [-0.05, 0) is 35.6 Å². The molecular weight excluding hydrogens is 306 g/mol. The zero-order valence-electron chi connectivity index (χ0n) is 14.2. The third kappa shape index (κ3) is 3.59. The minimum absolute atomic E-state index is 0.0296. The van der Waals surface area contributed by atoms with Crippen molar-refractivity contribution in [3.8, 4) is 0 Å². The molecule has 0 radical (unpaired) electrons. The van der Waals surface area contributed by atoms with Crippen LogP contribution in [-0.4, -0.2) is 19.1 Å². The van der Waals surface area contributed by atoms with Crippen molar-refractivity contribution in [3.63, 3.8) is 0 Å². The van der Waals surface area contributed by atoms with Gasteiger partial charge in [0.25, 0.3) is 0 Å². The first-order valence-electron chi connectivity index (χ1n) is 8.49. The predicted molar refractivity (Wildman–Crippen MR) is 94.4 cm³/mol. The Balaban J connectivity index is 1.82. The Hall–Kier alpha value is -1.94. The van der Waals surface area contributed by atoms with Crippen molar-refractivity contribution in [2.45, 2.75) is 38.1 Å². The Morgan fingerprint density at radius 3 is 2.38 bits per heavy atom. The van der Waals surface area contributed by atoms with E-state index in [0.29, 0.717) is 24.7 Å². The summed E-state index contributed by atoms with van der Waals surface area (Å²) in [7, 11) is 0. The smallest absolute Gasteiger partial charge is 0.149 e. The first kappa shape index (κ1) is 16.9. The van der Waals surface area contributed by atoms with Crippen molar-refractivity contribution < 1.29 is 8.78 Å². The molecule has 0 saturated carbocycles. The SMILES string of the molecule is CC(C)c1ccc(C2CC(N)CN(c3ccc(F)cc3F)C2)cc1. The van der Waals surface area contributed by atoms with Gasteiger partial charge < -0.3 is 10.6 Å². The number of nitrogens with two attached hydrogens (primary N) is 1. The van der Waals surface area contributed by atoms with Crippen LogP contribution in [0, 0.1) is 11.6 Å². The van der Waals surface area contributed by atoms with Crippen molar-refractivity contribution in [2.24, 2.45) is 5.73 Å². The highest BCUT2D eigenvalue weighted by atomic mass is 19.1. The van der Waals surface area contributed by atoms with E-state index in [2.05, 4.69) is 38.1 Å². The standard InChI is InChI=1S/C20H24F2N2/c1-13(2)14-3-5-15(6-4-14)16-9-18(23)12-24(11-16)20-8-7-17(21)10-19(20)22/h3-8,10,13,16,18H,9,11-12,23H2,1-2H3. The summed E-state index contributed by atoms with van der Waals surface area (Å²) in [6.45, 7) is 5.62. The maximum absolute atomic E-state index is 14.1. The minimum atomic E-state index is -0.557. The summed E-state index contributed by atoms with van der Waals surface area (Å²) >= 11 is 0. The first-order valence-corrected chi connectivity index (χ1v) is 8.49. The molecule has 2 aromatic carbocycles. The van der Waals surface area contributed by atoms with Gasteiger partial charge in [-0.15, -0.1) is 0 Å². The first-order chi connectivity index (χ1) is 11.4. The molecule has 2 nitrogen and oxygen atoms in total. The topological polar surface area (TPSA) is 29.3 Å². The summed E-state index contributed by atoms with van der Waals surface area (Å²) in [4.78, 5) is 1.93.